The van der Waals surface area contributed by atoms with E-state index in [1.807, 2.05) is 6.92 Å². The van der Waals surface area contributed by atoms with Gasteiger partial charge in [0.05, 0.1) is 18.1 Å². The Hall–Kier alpha value is -2.50. The van der Waals surface area contributed by atoms with Crippen LogP contribution < -0.4 is 10.6 Å². The summed E-state index contributed by atoms with van der Waals surface area (Å²) >= 11 is 0. The number of rotatable bonds is 7. The number of sulfonamides is 1. The molecular formula is C18H24N4O6S. The molecule has 29 heavy (non-hydrogen) atoms. The summed E-state index contributed by atoms with van der Waals surface area (Å²) in [6, 6.07) is 4.66. The lowest BCUT2D eigenvalue weighted by molar-refractivity contribution is -0.130. The number of morpholine rings is 1. The van der Waals surface area contributed by atoms with E-state index in [4.69, 9.17) is 4.74 Å². The van der Waals surface area contributed by atoms with Crippen molar-refractivity contribution in [3.8, 4) is 0 Å². The predicted octanol–water partition coefficient (Wildman–Crippen LogP) is 0.367. The number of anilines is 1. The summed E-state index contributed by atoms with van der Waals surface area (Å²) in [4.78, 5) is 37.4. The third-order valence-corrected chi connectivity index (χ3v) is 6.61. The van der Waals surface area contributed by atoms with E-state index in [0.717, 1.165) is 11.3 Å². The van der Waals surface area contributed by atoms with Crippen LogP contribution in [0.1, 0.15) is 19.8 Å². The van der Waals surface area contributed by atoms with Crippen molar-refractivity contribution in [2.75, 3.05) is 38.2 Å². The molecule has 2 fully saturated rings. The smallest absolute Gasteiger partial charge is 0.325 e. The van der Waals surface area contributed by atoms with Gasteiger partial charge in [0.25, 0.3) is 5.91 Å². The monoisotopic (exact) mass is 424 g/mol. The molecule has 1 aromatic carbocycles. The summed E-state index contributed by atoms with van der Waals surface area (Å²) in [5.41, 5.74) is 0.265. The first-order chi connectivity index (χ1) is 13.8. The van der Waals surface area contributed by atoms with E-state index in [-0.39, 0.29) is 23.7 Å². The SMILES string of the molecule is CCCC1NC(=O)N(CC(=O)Nc2cccc(S(=O)(=O)N3CCOCC3)c2)C1=O. The Morgan fingerprint density at radius 1 is 1.28 bits per heavy atom. The van der Waals surface area contributed by atoms with Crippen LogP contribution in [0.4, 0.5) is 10.5 Å². The van der Waals surface area contributed by atoms with Crippen LogP contribution in [0.3, 0.4) is 0 Å². The first kappa shape index (κ1) is 21.2. The lowest BCUT2D eigenvalue weighted by Gasteiger charge is -2.26. The van der Waals surface area contributed by atoms with E-state index in [9.17, 15) is 22.8 Å². The van der Waals surface area contributed by atoms with Crippen molar-refractivity contribution in [3.05, 3.63) is 24.3 Å². The fourth-order valence-corrected chi connectivity index (χ4v) is 4.68. The molecule has 0 bridgehead atoms. The molecule has 1 atom stereocenters. The second-order valence-electron chi connectivity index (χ2n) is 6.81. The van der Waals surface area contributed by atoms with Crippen molar-refractivity contribution in [1.82, 2.24) is 14.5 Å². The lowest BCUT2D eigenvalue weighted by Crippen LogP contribution is -2.40. The van der Waals surface area contributed by atoms with E-state index in [2.05, 4.69) is 10.6 Å². The fourth-order valence-electron chi connectivity index (χ4n) is 3.23. The Labute approximate surface area is 169 Å². The Bertz CT molecular complexity index is 897. The lowest BCUT2D eigenvalue weighted by atomic mass is 10.2. The molecule has 2 aliphatic heterocycles. The molecule has 3 rings (SSSR count). The highest BCUT2D eigenvalue weighted by atomic mass is 32.2. The van der Waals surface area contributed by atoms with Crippen LogP contribution in [-0.4, -0.2) is 74.4 Å². The van der Waals surface area contributed by atoms with Gasteiger partial charge in [-0.25, -0.2) is 13.2 Å². The Morgan fingerprint density at radius 3 is 2.69 bits per heavy atom. The molecule has 2 aliphatic rings. The van der Waals surface area contributed by atoms with Crippen LogP contribution in [0.25, 0.3) is 0 Å². The maximum Gasteiger partial charge on any atom is 0.325 e. The predicted molar refractivity (Wildman–Crippen MR) is 104 cm³/mol. The van der Waals surface area contributed by atoms with Gasteiger partial charge in [-0.3, -0.25) is 14.5 Å². The van der Waals surface area contributed by atoms with Gasteiger partial charge in [0.2, 0.25) is 15.9 Å². The average molecular weight is 424 g/mol. The van der Waals surface area contributed by atoms with Gasteiger partial charge in [0.15, 0.2) is 0 Å². The second-order valence-corrected chi connectivity index (χ2v) is 8.75. The van der Waals surface area contributed by atoms with Gasteiger partial charge in [0.1, 0.15) is 12.6 Å². The van der Waals surface area contributed by atoms with E-state index >= 15 is 0 Å². The number of imide groups is 1. The molecule has 4 amide bonds. The van der Waals surface area contributed by atoms with E-state index in [1.165, 1.54) is 22.5 Å². The third kappa shape index (κ3) is 4.74. The van der Waals surface area contributed by atoms with Crippen molar-refractivity contribution in [1.29, 1.82) is 0 Å². The fraction of sp³-hybridized carbons (Fsp3) is 0.500. The van der Waals surface area contributed by atoms with Crippen molar-refractivity contribution in [2.24, 2.45) is 0 Å². The third-order valence-electron chi connectivity index (χ3n) is 4.71. The zero-order valence-electron chi connectivity index (χ0n) is 16.1. The van der Waals surface area contributed by atoms with Gasteiger partial charge in [-0.15, -0.1) is 0 Å². The minimum Gasteiger partial charge on any atom is -0.379 e. The van der Waals surface area contributed by atoms with Crippen LogP contribution in [-0.2, 0) is 24.3 Å². The summed E-state index contributed by atoms with van der Waals surface area (Å²) < 4.78 is 32.0. The number of benzene rings is 1. The summed E-state index contributed by atoms with van der Waals surface area (Å²) in [6.45, 7) is 2.66. The molecular weight excluding hydrogens is 400 g/mol. The topological polar surface area (TPSA) is 125 Å². The first-order valence-electron chi connectivity index (χ1n) is 9.42. The van der Waals surface area contributed by atoms with Gasteiger partial charge in [0, 0.05) is 18.8 Å². The standard InChI is InChI=1S/C18H24N4O6S/c1-2-4-15-17(24)22(18(25)20-15)12-16(23)19-13-5-3-6-14(11-13)29(26,27)21-7-9-28-10-8-21/h3,5-6,11,15H,2,4,7-10,12H2,1H3,(H,19,23)(H,20,25). The molecule has 1 aromatic rings. The molecule has 10 nitrogen and oxygen atoms in total. The summed E-state index contributed by atoms with van der Waals surface area (Å²) in [7, 11) is -3.70. The number of urea groups is 1. The zero-order chi connectivity index (χ0) is 21.0. The quantitative estimate of drug-likeness (QED) is 0.609. The molecule has 2 saturated heterocycles. The molecule has 1 unspecified atom stereocenters. The molecule has 0 radical (unpaired) electrons. The molecule has 11 heteroatoms. The molecule has 2 N–H and O–H groups in total. The van der Waals surface area contributed by atoms with Crippen LogP contribution >= 0.6 is 0 Å². The number of nitrogens with one attached hydrogen (secondary N) is 2. The summed E-state index contributed by atoms with van der Waals surface area (Å²) in [5, 5.41) is 5.10. The molecule has 0 spiro atoms. The van der Waals surface area contributed by atoms with E-state index in [1.54, 1.807) is 6.07 Å². The average Bonchev–Trinajstić information content (AvgIpc) is 2.96. The van der Waals surface area contributed by atoms with Crippen molar-refractivity contribution in [3.63, 3.8) is 0 Å². The van der Waals surface area contributed by atoms with Gasteiger partial charge >= 0.3 is 6.03 Å². The van der Waals surface area contributed by atoms with Gasteiger partial charge < -0.3 is 15.4 Å². The Balaban J connectivity index is 1.66. The zero-order valence-corrected chi connectivity index (χ0v) is 16.9. The number of hydrogen-bond acceptors (Lipinski definition) is 6. The maximum absolute atomic E-state index is 12.7. The number of ether oxygens (including phenoxy) is 1. The highest BCUT2D eigenvalue weighted by Crippen LogP contribution is 2.21. The van der Waals surface area contributed by atoms with Gasteiger partial charge in [-0.1, -0.05) is 19.4 Å². The highest BCUT2D eigenvalue weighted by molar-refractivity contribution is 7.89. The molecule has 0 saturated carbocycles. The molecule has 0 aromatic heterocycles. The number of nitrogens with zero attached hydrogens (tertiary/aromatic N) is 2. The molecule has 0 aliphatic carbocycles. The van der Waals surface area contributed by atoms with Gasteiger partial charge in [-0.05, 0) is 24.6 Å². The maximum atomic E-state index is 12.7. The van der Waals surface area contributed by atoms with Crippen LogP contribution in [0.2, 0.25) is 0 Å². The number of carbonyl (C=O) groups is 3. The highest BCUT2D eigenvalue weighted by Gasteiger charge is 2.38. The van der Waals surface area contributed by atoms with Gasteiger partial charge in [-0.2, -0.15) is 4.31 Å². The van der Waals surface area contributed by atoms with Crippen molar-refractivity contribution < 1.29 is 27.5 Å². The van der Waals surface area contributed by atoms with Crippen LogP contribution in [0.5, 0.6) is 0 Å². The van der Waals surface area contributed by atoms with Crippen molar-refractivity contribution >= 4 is 33.6 Å². The summed E-state index contributed by atoms with van der Waals surface area (Å²) in [5.74, 6) is -1.03. The largest absolute Gasteiger partial charge is 0.379 e. The molecule has 158 valence electrons. The number of amides is 4. The Kier molecular flexibility index (Phi) is 6.50. The van der Waals surface area contributed by atoms with Crippen LogP contribution in [0.15, 0.2) is 29.2 Å². The van der Waals surface area contributed by atoms with E-state index in [0.29, 0.717) is 19.6 Å². The summed E-state index contributed by atoms with van der Waals surface area (Å²) in [6.07, 6.45) is 1.23. The Morgan fingerprint density at radius 2 is 2.00 bits per heavy atom. The van der Waals surface area contributed by atoms with E-state index < -0.39 is 40.5 Å². The van der Waals surface area contributed by atoms with Crippen molar-refractivity contribution in [2.45, 2.75) is 30.7 Å². The minimum absolute atomic E-state index is 0.0511. The normalized spacial score (nSPS) is 20.6. The first-order valence-corrected chi connectivity index (χ1v) is 10.9. The van der Waals surface area contributed by atoms with Crippen LogP contribution in [0, 0.1) is 0 Å². The number of carbonyl (C=O) groups excluding carboxylic acids is 3. The minimum atomic E-state index is -3.70. The number of hydrogen-bond donors (Lipinski definition) is 2. The molecule has 2 heterocycles. The second kappa shape index (κ2) is 8.89.